The molecule has 2 N–H and O–H groups in total. The highest BCUT2D eigenvalue weighted by atomic mass is 31.2. The van der Waals surface area contributed by atoms with Gasteiger partial charge in [-0.25, -0.2) is 0 Å². The van der Waals surface area contributed by atoms with Gasteiger partial charge in [-0.15, -0.1) is 0 Å². The molecule has 0 saturated carbocycles. The van der Waals surface area contributed by atoms with Crippen LogP contribution in [-0.4, -0.2) is 72.8 Å². The molecule has 11 heteroatoms. The van der Waals surface area contributed by atoms with Crippen molar-refractivity contribution in [2.45, 2.75) is 77.8 Å². The summed E-state index contributed by atoms with van der Waals surface area (Å²) in [6.07, 6.45) is -4.69. The molecule has 0 aromatic heterocycles. The van der Waals surface area contributed by atoms with Crippen LogP contribution < -0.4 is 0 Å². The number of methoxy groups -OCH3 is 1. The van der Waals surface area contributed by atoms with Gasteiger partial charge in [-0.2, -0.15) is 0 Å². The lowest BCUT2D eigenvalue weighted by molar-refractivity contribution is -0.148. The Morgan fingerprint density at radius 1 is 1.04 bits per heavy atom. The van der Waals surface area contributed by atoms with Crippen molar-refractivity contribution in [3.63, 3.8) is 0 Å². The van der Waals surface area contributed by atoms with Crippen molar-refractivity contribution in [3.8, 4) is 0 Å². The molecule has 0 aromatic rings. The van der Waals surface area contributed by atoms with Gasteiger partial charge in [0.1, 0.15) is 18.1 Å². The third-order valence-electron chi connectivity index (χ3n) is 3.80. The number of ether oxygens (including phenoxy) is 2. The quantitative estimate of drug-likeness (QED) is 0.448. The van der Waals surface area contributed by atoms with Crippen LogP contribution in [0.15, 0.2) is 0 Å². The summed E-state index contributed by atoms with van der Waals surface area (Å²) in [6.45, 7) is 8.73. The Labute approximate surface area is 161 Å². The molecule has 0 radical (unpaired) electrons. The Balaban J connectivity index is 2.87. The van der Waals surface area contributed by atoms with E-state index in [9.17, 15) is 19.3 Å². The molecule has 0 aliphatic carbocycles. The van der Waals surface area contributed by atoms with E-state index in [2.05, 4.69) is 0 Å². The Kier molecular flexibility index (Phi) is 10.1. The van der Waals surface area contributed by atoms with Crippen LogP contribution in [0, 0.1) is 0 Å². The predicted octanol–water partition coefficient (Wildman–Crippen LogP) is 2.78. The highest BCUT2D eigenvalue weighted by Crippen LogP contribution is 2.64. The lowest BCUT2D eigenvalue weighted by Crippen LogP contribution is -2.33. The zero-order valence-corrected chi connectivity index (χ0v) is 18.7. The molecule has 1 heterocycles. The summed E-state index contributed by atoms with van der Waals surface area (Å²) in [5, 5.41) is 19.9. The first-order valence-corrected chi connectivity index (χ1v) is 12.9. The molecule has 27 heavy (non-hydrogen) atoms. The minimum atomic E-state index is -3.65. The first-order valence-electron chi connectivity index (χ1n) is 9.18. The Morgan fingerprint density at radius 2 is 1.59 bits per heavy atom. The molecule has 9 nitrogen and oxygen atoms in total. The third-order valence-corrected chi connectivity index (χ3v) is 10.1. The molecule has 1 saturated heterocycles. The summed E-state index contributed by atoms with van der Waals surface area (Å²) in [5.74, 6) is -0.358. The fourth-order valence-electron chi connectivity index (χ4n) is 2.88. The average molecular weight is 432 g/mol. The van der Waals surface area contributed by atoms with Crippen molar-refractivity contribution in [2.24, 2.45) is 0 Å². The number of rotatable bonds is 12. The van der Waals surface area contributed by atoms with E-state index in [4.69, 9.17) is 23.0 Å². The van der Waals surface area contributed by atoms with Gasteiger partial charge >= 0.3 is 7.60 Å². The zero-order chi connectivity index (χ0) is 20.8. The van der Waals surface area contributed by atoms with E-state index in [1.807, 2.05) is 0 Å². The normalized spacial score (nSPS) is 28.8. The number of hydrogen-bond donors (Lipinski definition) is 2. The van der Waals surface area contributed by atoms with Gasteiger partial charge in [0.15, 0.2) is 6.29 Å². The Bertz CT molecular complexity index is 526. The smallest absolute Gasteiger partial charge is 0.340 e. The second-order valence-corrected chi connectivity index (χ2v) is 12.2. The molecule has 0 amide bonds. The Hall–Kier alpha value is 0.180. The standard InChI is InChI=1S/C16H34O9P2/c1-7-22-26(19,10-27(20,24-11(2)3)25-12(4)5)9-8-13-14(17)15(18)16(21-6)23-13/h11-18H,7-10H2,1-6H3/t13-,14-,15-,16-,26?/m1/s1. The van der Waals surface area contributed by atoms with Crippen molar-refractivity contribution in [3.05, 3.63) is 0 Å². The Morgan fingerprint density at radius 3 is 2.00 bits per heavy atom. The topological polar surface area (TPSA) is 121 Å². The van der Waals surface area contributed by atoms with Gasteiger partial charge in [0, 0.05) is 13.3 Å². The number of hydrogen-bond acceptors (Lipinski definition) is 9. The third kappa shape index (κ3) is 7.84. The molecule has 1 fully saturated rings. The van der Waals surface area contributed by atoms with E-state index in [1.165, 1.54) is 7.11 Å². The van der Waals surface area contributed by atoms with Crippen LogP contribution in [0.3, 0.4) is 0 Å². The summed E-state index contributed by atoms with van der Waals surface area (Å²) >= 11 is 0. The van der Waals surface area contributed by atoms with Crippen molar-refractivity contribution in [1.29, 1.82) is 0 Å². The fourth-order valence-corrected chi connectivity index (χ4v) is 9.00. The van der Waals surface area contributed by atoms with E-state index in [0.29, 0.717) is 0 Å². The van der Waals surface area contributed by atoms with Crippen LogP contribution in [0.5, 0.6) is 0 Å². The molecule has 0 aromatic carbocycles. The maximum absolute atomic E-state index is 13.3. The summed E-state index contributed by atoms with van der Waals surface area (Å²) in [7, 11) is -5.70. The van der Waals surface area contributed by atoms with Crippen molar-refractivity contribution < 1.29 is 42.4 Å². The van der Waals surface area contributed by atoms with Crippen LogP contribution in [-0.2, 0) is 32.2 Å². The molecule has 162 valence electrons. The van der Waals surface area contributed by atoms with Gasteiger partial charge in [0.25, 0.3) is 0 Å². The van der Waals surface area contributed by atoms with Gasteiger partial charge in [0.05, 0.1) is 24.9 Å². The molecule has 1 unspecified atom stereocenters. The fraction of sp³-hybridized carbons (Fsp3) is 1.00. The first-order chi connectivity index (χ1) is 12.4. The van der Waals surface area contributed by atoms with Gasteiger partial charge in [-0.05, 0) is 41.0 Å². The lowest BCUT2D eigenvalue weighted by atomic mass is 10.1. The van der Waals surface area contributed by atoms with Crippen LogP contribution in [0.2, 0.25) is 0 Å². The van der Waals surface area contributed by atoms with Gasteiger partial charge in [-0.1, -0.05) is 0 Å². The lowest BCUT2D eigenvalue weighted by Gasteiger charge is -2.27. The number of aliphatic hydroxyl groups excluding tert-OH is 2. The maximum Gasteiger partial charge on any atom is 0.340 e. The summed E-state index contributed by atoms with van der Waals surface area (Å²) in [6, 6.07) is 0. The van der Waals surface area contributed by atoms with E-state index >= 15 is 0 Å². The molecule has 0 spiro atoms. The predicted molar refractivity (Wildman–Crippen MR) is 101 cm³/mol. The zero-order valence-electron chi connectivity index (χ0n) is 16.9. The average Bonchev–Trinajstić information content (AvgIpc) is 2.78. The maximum atomic E-state index is 13.3. The second-order valence-electron chi connectivity index (χ2n) is 7.07. The van der Waals surface area contributed by atoms with E-state index < -0.39 is 39.6 Å². The van der Waals surface area contributed by atoms with Gasteiger partial charge in [0.2, 0.25) is 7.37 Å². The molecule has 1 aliphatic rings. The molecule has 1 aliphatic heterocycles. The number of aliphatic hydroxyl groups is 2. The van der Waals surface area contributed by atoms with Crippen molar-refractivity contribution in [2.75, 3.05) is 25.8 Å². The van der Waals surface area contributed by atoms with Crippen molar-refractivity contribution >= 4 is 15.0 Å². The van der Waals surface area contributed by atoms with Gasteiger partial charge < -0.3 is 33.3 Å². The van der Waals surface area contributed by atoms with Crippen LogP contribution in [0.1, 0.15) is 41.0 Å². The summed E-state index contributed by atoms with van der Waals surface area (Å²) < 4.78 is 53.2. The van der Waals surface area contributed by atoms with E-state index in [0.717, 1.165) is 0 Å². The summed E-state index contributed by atoms with van der Waals surface area (Å²) in [5.41, 5.74) is 0. The van der Waals surface area contributed by atoms with E-state index in [1.54, 1.807) is 34.6 Å². The van der Waals surface area contributed by atoms with Crippen LogP contribution in [0.4, 0.5) is 0 Å². The molecule has 5 atom stereocenters. The second kappa shape index (κ2) is 10.8. The van der Waals surface area contributed by atoms with Crippen molar-refractivity contribution in [1.82, 2.24) is 0 Å². The highest BCUT2D eigenvalue weighted by Gasteiger charge is 2.45. The largest absolute Gasteiger partial charge is 0.387 e. The SMILES string of the molecule is CCOP(=O)(CC[C@H]1O[C@@H](OC)[C@H](O)[C@@H]1O)CP(=O)(OC(C)C)OC(C)C. The highest BCUT2D eigenvalue weighted by molar-refractivity contribution is 7.73. The van der Waals surface area contributed by atoms with Crippen LogP contribution >= 0.6 is 15.0 Å². The minimum Gasteiger partial charge on any atom is -0.387 e. The summed E-state index contributed by atoms with van der Waals surface area (Å²) in [4.78, 5) is 0. The molecular formula is C16H34O9P2. The molecule has 1 rings (SSSR count). The minimum absolute atomic E-state index is 0.00137. The van der Waals surface area contributed by atoms with Gasteiger partial charge in [-0.3, -0.25) is 9.13 Å². The van der Waals surface area contributed by atoms with E-state index in [-0.39, 0.29) is 37.3 Å². The molecule has 0 bridgehead atoms. The molecular weight excluding hydrogens is 398 g/mol. The van der Waals surface area contributed by atoms with Crippen LogP contribution in [0.25, 0.3) is 0 Å². The monoisotopic (exact) mass is 432 g/mol. The first kappa shape index (κ1) is 25.2.